The summed E-state index contributed by atoms with van der Waals surface area (Å²) in [5.74, 6) is 0.259. The fourth-order valence-electron chi connectivity index (χ4n) is 5.18. The maximum absolute atomic E-state index is 13.1. The van der Waals surface area contributed by atoms with E-state index in [1.165, 1.54) is 57.5 Å². The van der Waals surface area contributed by atoms with Crippen molar-refractivity contribution < 1.29 is 19.2 Å². The Hall–Kier alpha value is -2.62. The summed E-state index contributed by atoms with van der Waals surface area (Å²) >= 11 is 5.06. The summed E-state index contributed by atoms with van der Waals surface area (Å²) in [7, 11) is 1.50. The van der Waals surface area contributed by atoms with E-state index in [0.717, 1.165) is 27.7 Å². The highest BCUT2D eigenvalue weighted by atomic mass is 32.2. The molecule has 5 rings (SSSR count). The number of thioether (sulfide) groups is 1. The zero-order chi connectivity index (χ0) is 29.2. The van der Waals surface area contributed by atoms with E-state index in [2.05, 4.69) is 47.9 Å². The van der Waals surface area contributed by atoms with Gasteiger partial charge < -0.3 is 4.90 Å². The van der Waals surface area contributed by atoms with Gasteiger partial charge in [-0.25, -0.2) is 0 Å². The Bertz CT molecular complexity index is 1190. The van der Waals surface area contributed by atoms with E-state index in [9.17, 15) is 19.2 Å². The molecule has 2 fully saturated rings. The number of hydrogen-bond donors (Lipinski definition) is 1. The van der Waals surface area contributed by atoms with Crippen LogP contribution < -0.4 is 0 Å². The Morgan fingerprint density at radius 3 is 2.25 bits per heavy atom. The van der Waals surface area contributed by atoms with Gasteiger partial charge in [0.25, 0.3) is 11.8 Å². The summed E-state index contributed by atoms with van der Waals surface area (Å²) in [5, 5.41) is -0.139. The van der Waals surface area contributed by atoms with Gasteiger partial charge in [0.2, 0.25) is 5.91 Å². The Morgan fingerprint density at radius 1 is 0.975 bits per heavy atom. The van der Waals surface area contributed by atoms with Crippen LogP contribution in [0.3, 0.4) is 0 Å². The molecule has 3 aliphatic heterocycles. The highest BCUT2D eigenvalue weighted by Crippen LogP contribution is 2.36. The van der Waals surface area contributed by atoms with E-state index in [0.29, 0.717) is 24.9 Å². The van der Waals surface area contributed by atoms with Crippen LogP contribution in [0.15, 0.2) is 47.4 Å². The number of imide groups is 1. The number of hydrogen-bond acceptors (Lipinski definition) is 6. The van der Waals surface area contributed by atoms with Crippen LogP contribution in [-0.4, -0.2) is 63.7 Å². The lowest BCUT2D eigenvalue weighted by molar-refractivity contribution is -0.150. The van der Waals surface area contributed by atoms with Gasteiger partial charge in [0.15, 0.2) is 5.12 Å². The maximum atomic E-state index is 13.1. The average Bonchev–Trinajstić information content (AvgIpc) is 3.29. The van der Waals surface area contributed by atoms with Gasteiger partial charge in [-0.15, -0.1) is 24.4 Å². The van der Waals surface area contributed by atoms with Gasteiger partial charge in [0, 0.05) is 49.7 Å². The van der Waals surface area contributed by atoms with Crippen molar-refractivity contribution in [1.29, 1.82) is 0 Å². The summed E-state index contributed by atoms with van der Waals surface area (Å²) in [6, 6.07) is 14.1. The molecule has 2 saturated heterocycles. The van der Waals surface area contributed by atoms with Gasteiger partial charge in [-0.05, 0) is 61.2 Å². The molecule has 2 aromatic carbocycles. The minimum atomic E-state index is -0.562. The third kappa shape index (κ3) is 8.21. The van der Waals surface area contributed by atoms with Crippen LogP contribution in [0.4, 0.5) is 0 Å². The van der Waals surface area contributed by atoms with E-state index in [-0.39, 0.29) is 22.8 Å². The van der Waals surface area contributed by atoms with E-state index >= 15 is 0 Å². The quantitative estimate of drug-likeness (QED) is 0.273. The molecule has 0 aliphatic carbocycles. The summed E-state index contributed by atoms with van der Waals surface area (Å²) < 4.78 is 0. The van der Waals surface area contributed by atoms with E-state index in [1.807, 2.05) is 26.0 Å². The first-order valence-electron chi connectivity index (χ1n) is 14.1. The SMILES string of the molecule is CC.CC(=O)S.CN1C(=O)CCC(N2Cc3c(SCc4ccc(CN5CCCCC5)cc4)cccc3C2=O)C1=O. The number of rotatable bonds is 6. The standard InChI is InChI=1S/C27H31N3O3S.C2H4OS.C2H6/c1-28-25(31)13-12-23(27(28)33)30-17-22-21(26(30)32)6-5-7-24(22)34-18-20-10-8-19(9-11-20)16-29-14-3-2-4-15-29;1-2(3)4;1-2/h5-11,23H,2-4,12-18H2,1H3;1H3,(H,3,4);1-2H3. The van der Waals surface area contributed by atoms with Crippen molar-refractivity contribution in [2.45, 2.75) is 82.7 Å². The van der Waals surface area contributed by atoms with Crippen molar-refractivity contribution in [2.75, 3.05) is 20.1 Å². The molecule has 0 N–H and O–H groups in total. The van der Waals surface area contributed by atoms with Crippen molar-refractivity contribution in [1.82, 2.24) is 14.7 Å². The number of thiol groups is 1. The molecule has 2 aromatic rings. The highest BCUT2D eigenvalue weighted by molar-refractivity contribution is 7.98. The number of piperidine rings is 2. The van der Waals surface area contributed by atoms with Gasteiger partial charge in [-0.1, -0.05) is 50.6 Å². The Kier molecular flexibility index (Phi) is 12.3. The molecule has 9 heteroatoms. The number of nitrogens with zero attached hydrogens (tertiary/aromatic N) is 3. The van der Waals surface area contributed by atoms with Gasteiger partial charge in [-0.2, -0.15) is 0 Å². The second-order valence-electron chi connectivity index (χ2n) is 10.0. The van der Waals surface area contributed by atoms with Gasteiger partial charge in [-0.3, -0.25) is 29.0 Å². The number of likely N-dealkylation sites (tertiary alicyclic amines) is 2. The van der Waals surface area contributed by atoms with Crippen LogP contribution in [0.1, 0.15) is 79.9 Å². The molecule has 0 saturated carbocycles. The van der Waals surface area contributed by atoms with Gasteiger partial charge in [0.1, 0.15) is 6.04 Å². The van der Waals surface area contributed by atoms with Crippen molar-refractivity contribution in [3.63, 3.8) is 0 Å². The zero-order valence-electron chi connectivity index (χ0n) is 24.0. The minimum absolute atomic E-state index is 0.111. The first kappa shape index (κ1) is 31.9. The van der Waals surface area contributed by atoms with E-state index in [1.54, 1.807) is 16.7 Å². The molecule has 216 valence electrons. The van der Waals surface area contributed by atoms with Gasteiger partial charge >= 0.3 is 0 Å². The minimum Gasteiger partial charge on any atom is -0.322 e. The van der Waals surface area contributed by atoms with Crippen LogP contribution in [-0.2, 0) is 33.2 Å². The predicted octanol–water partition coefficient (Wildman–Crippen LogP) is 5.56. The molecule has 0 radical (unpaired) electrons. The molecule has 3 aliphatic rings. The lowest BCUT2D eigenvalue weighted by Crippen LogP contribution is -2.53. The predicted molar refractivity (Wildman–Crippen MR) is 163 cm³/mol. The molecule has 3 amide bonds. The molecule has 1 unspecified atom stereocenters. The fourth-order valence-corrected chi connectivity index (χ4v) is 6.22. The van der Waals surface area contributed by atoms with Crippen LogP contribution in [0.25, 0.3) is 0 Å². The first-order chi connectivity index (χ1) is 19.2. The zero-order valence-corrected chi connectivity index (χ0v) is 25.7. The normalized spacial score (nSPS) is 18.9. The van der Waals surface area contributed by atoms with Crippen LogP contribution in [0.5, 0.6) is 0 Å². The summed E-state index contributed by atoms with van der Waals surface area (Å²) in [4.78, 5) is 53.4. The number of benzene rings is 2. The van der Waals surface area contributed by atoms with Crippen molar-refractivity contribution in [3.8, 4) is 0 Å². The molecule has 0 aromatic heterocycles. The lowest BCUT2D eigenvalue weighted by atomic mass is 10.0. The maximum Gasteiger partial charge on any atom is 0.255 e. The summed E-state index contributed by atoms with van der Waals surface area (Å²) in [5.41, 5.74) is 4.28. The van der Waals surface area contributed by atoms with Gasteiger partial charge in [0.05, 0.1) is 0 Å². The molecule has 3 heterocycles. The largest absolute Gasteiger partial charge is 0.322 e. The highest BCUT2D eigenvalue weighted by Gasteiger charge is 2.41. The number of carbonyl (C=O) groups is 4. The van der Waals surface area contributed by atoms with Crippen LogP contribution in [0, 0.1) is 0 Å². The third-order valence-corrected chi connectivity index (χ3v) is 8.39. The summed E-state index contributed by atoms with van der Waals surface area (Å²) in [6.07, 6.45) is 4.66. The lowest BCUT2D eigenvalue weighted by Gasteiger charge is -2.33. The molecular formula is C31H41N3O4S2. The van der Waals surface area contributed by atoms with E-state index < -0.39 is 6.04 Å². The molecule has 0 spiro atoms. The number of likely N-dealkylation sites (N-methyl/N-ethyl adjacent to an activating group) is 1. The third-order valence-electron chi connectivity index (χ3n) is 7.22. The number of amides is 3. The summed E-state index contributed by atoms with van der Waals surface area (Å²) in [6.45, 7) is 9.24. The molecule has 40 heavy (non-hydrogen) atoms. The smallest absolute Gasteiger partial charge is 0.255 e. The molecule has 1 atom stereocenters. The first-order valence-corrected chi connectivity index (χ1v) is 15.5. The second-order valence-corrected chi connectivity index (χ2v) is 11.7. The van der Waals surface area contributed by atoms with Crippen molar-refractivity contribution in [3.05, 3.63) is 64.7 Å². The Balaban J connectivity index is 0.000000677. The molecule has 7 nitrogen and oxygen atoms in total. The monoisotopic (exact) mass is 583 g/mol. The van der Waals surface area contributed by atoms with E-state index in [4.69, 9.17) is 0 Å². The molecular weight excluding hydrogens is 542 g/mol. The Labute approximate surface area is 248 Å². The van der Waals surface area contributed by atoms with Crippen molar-refractivity contribution >= 4 is 47.2 Å². The number of carbonyl (C=O) groups excluding carboxylic acids is 4. The Morgan fingerprint density at radius 2 is 1.60 bits per heavy atom. The molecule has 0 bridgehead atoms. The van der Waals surface area contributed by atoms with Crippen LogP contribution >= 0.6 is 24.4 Å². The fraction of sp³-hybridized carbons (Fsp3) is 0.484. The van der Waals surface area contributed by atoms with Crippen LogP contribution in [0.2, 0.25) is 0 Å². The topological polar surface area (TPSA) is 78.0 Å². The average molecular weight is 584 g/mol. The van der Waals surface area contributed by atoms with Crippen molar-refractivity contribution in [2.24, 2.45) is 0 Å². The second kappa shape index (κ2) is 15.4. The number of fused-ring (bicyclic) bond motifs is 1.